The third kappa shape index (κ3) is 4.62. The van der Waals surface area contributed by atoms with E-state index in [0.717, 1.165) is 12.0 Å². The molecule has 0 saturated carbocycles. The molecule has 0 fully saturated rings. The SMILES string of the molecule is CCCNC(=O)c1ccc(NCc2ccc(OC)c(OC)c2)nc1. The highest BCUT2D eigenvalue weighted by Gasteiger charge is 2.06. The predicted molar refractivity (Wildman–Crippen MR) is 93.7 cm³/mol. The average molecular weight is 329 g/mol. The molecule has 6 nitrogen and oxygen atoms in total. The number of carbonyl (C=O) groups is 1. The summed E-state index contributed by atoms with van der Waals surface area (Å²) >= 11 is 0. The highest BCUT2D eigenvalue weighted by molar-refractivity contribution is 5.94. The van der Waals surface area contributed by atoms with Crippen LogP contribution in [0.25, 0.3) is 0 Å². The standard InChI is InChI=1S/C18H23N3O3/c1-4-9-19-18(22)14-6-8-17(21-12-14)20-11-13-5-7-15(23-2)16(10-13)24-3/h5-8,10,12H,4,9,11H2,1-3H3,(H,19,22)(H,20,21). The third-order valence-corrected chi connectivity index (χ3v) is 3.48. The topological polar surface area (TPSA) is 72.5 Å². The monoisotopic (exact) mass is 329 g/mol. The molecule has 0 aliphatic carbocycles. The smallest absolute Gasteiger partial charge is 0.252 e. The summed E-state index contributed by atoms with van der Waals surface area (Å²) in [6.45, 7) is 3.27. The molecule has 2 aromatic rings. The Balaban J connectivity index is 1.96. The van der Waals surface area contributed by atoms with E-state index in [1.807, 2.05) is 25.1 Å². The normalized spacial score (nSPS) is 10.1. The number of nitrogens with zero attached hydrogens (tertiary/aromatic N) is 1. The summed E-state index contributed by atoms with van der Waals surface area (Å²) in [6.07, 6.45) is 2.48. The van der Waals surface area contributed by atoms with Gasteiger partial charge in [0.1, 0.15) is 5.82 Å². The van der Waals surface area contributed by atoms with Crippen molar-refractivity contribution in [1.29, 1.82) is 0 Å². The second kappa shape index (κ2) is 8.76. The quantitative estimate of drug-likeness (QED) is 0.779. The van der Waals surface area contributed by atoms with Crippen LogP contribution in [0.3, 0.4) is 0 Å². The second-order valence-electron chi connectivity index (χ2n) is 5.23. The zero-order valence-corrected chi connectivity index (χ0v) is 14.3. The summed E-state index contributed by atoms with van der Waals surface area (Å²) in [4.78, 5) is 16.1. The lowest BCUT2D eigenvalue weighted by atomic mass is 10.2. The lowest BCUT2D eigenvalue weighted by Gasteiger charge is -2.11. The van der Waals surface area contributed by atoms with Gasteiger partial charge in [-0.25, -0.2) is 4.98 Å². The van der Waals surface area contributed by atoms with E-state index in [1.165, 1.54) is 0 Å². The van der Waals surface area contributed by atoms with E-state index in [0.29, 0.717) is 36.0 Å². The van der Waals surface area contributed by atoms with E-state index < -0.39 is 0 Å². The van der Waals surface area contributed by atoms with Crippen molar-refractivity contribution < 1.29 is 14.3 Å². The highest BCUT2D eigenvalue weighted by Crippen LogP contribution is 2.27. The first kappa shape index (κ1) is 17.6. The number of pyridine rings is 1. The van der Waals surface area contributed by atoms with Crippen LogP contribution in [-0.2, 0) is 6.54 Å². The number of rotatable bonds is 8. The Hall–Kier alpha value is -2.76. The van der Waals surface area contributed by atoms with Crippen molar-refractivity contribution in [2.75, 3.05) is 26.1 Å². The molecular weight excluding hydrogens is 306 g/mol. The average Bonchev–Trinajstić information content (AvgIpc) is 2.64. The van der Waals surface area contributed by atoms with Crippen LogP contribution >= 0.6 is 0 Å². The molecule has 0 atom stereocenters. The van der Waals surface area contributed by atoms with Crippen molar-refractivity contribution in [2.45, 2.75) is 19.9 Å². The molecule has 128 valence electrons. The molecule has 0 bridgehead atoms. The van der Waals surface area contributed by atoms with E-state index in [1.54, 1.807) is 32.5 Å². The Morgan fingerprint density at radius 1 is 1.12 bits per heavy atom. The molecular formula is C18H23N3O3. The molecule has 1 amide bonds. The van der Waals surface area contributed by atoms with Crippen molar-refractivity contribution in [2.24, 2.45) is 0 Å². The van der Waals surface area contributed by atoms with Gasteiger partial charge in [0.05, 0.1) is 19.8 Å². The second-order valence-corrected chi connectivity index (χ2v) is 5.23. The number of anilines is 1. The van der Waals surface area contributed by atoms with Gasteiger partial charge in [0.25, 0.3) is 5.91 Å². The molecule has 24 heavy (non-hydrogen) atoms. The number of hydrogen-bond donors (Lipinski definition) is 2. The fourth-order valence-corrected chi connectivity index (χ4v) is 2.16. The zero-order chi connectivity index (χ0) is 17.4. The summed E-state index contributed by atoms with van der Waals surface area (Å²) in [7, 11) is 3.22. The van der Waals surface area contributed by atoms with Gasteiger partial charge in [0.2, 0.25) is 0 Å². The summed E-state index contributed by atoms with van der Waals surface area (Å²) in [5, 5.41) is 6.04. The predicted octanol–water partition coefficient (Wildman–Crippen LogP) is 2.85. The third-order valence-electron chi connectivity index (χ3n) is 3.48. The maximum atomic E-state index is 11.8. The number of nitrogens with one attached hydrogen (secondary N) is 2. The maximum Gasteiger partial charge on any atom is 0.252 e. The van der Waals surface area contributed by atoms with E-state index in [2.05, 4.69) is 15.6 Å². The first-order valence-corrected chi connectivity index (χ1v) is 7.87. The highest BCUT2D eigenvalue weighted by atomic mass is 16.5. The number of methoxy groups -OCH3 is 2. The number of ether oxygens (including phenoxy) is 2. The minimum absolute atomic E-state index is 0.101. The van der Waals surface area contributed by atoms with Crippen LogP contribution in [0, 0.1) is 0 Å². The number of amides is 1. The van der Waals surface area contributed by atoms with Crippen molar-refractivity contribution in [3.8, 4) is 11.5 Å². The van der Waals surface area contributed by atoms with Gasteiger partial charge in [0.15, 0.2) is 11.5 Å². The summed E-state index contributed by atoms with van der Waals surface area (Å²) in [6, 6.07) is 9.29. The van der Waals surface area contributed by atoms with Gasteiger partial charge in [-0.05, 0) is 36.2 Å². The number of carbonyl (C=O) groups excluding carboxylic acids is 1. The van der Waals surface area contributed by atoms with E-state index in [4.69, 9.17) is 9.47 Å². The van der Waals surface area contributed by atoms with E-state index in [9.17, 15) is 4.79 Å². The number of benzene rings is 1. The zero-order valence-electron chi connectivity index (χ0n) is 14.3. The maximum absolute atomic E-state index is 11.8. The molecule has 2 N–H and O–H groups in total. The Bertz CT molecular complexity index is 672. The van der Waals surface area contributed by atoms with Gasteiger partial charge in [-0.3, -0.25) is 4.79 Å². The minimum atomic E-state index is -0.101. The van der Waals surface area contributed by atoms with Crippen LogP contribution in [-0.4, -0.2) is 31.7 Å². The number of aromatic nitrogens is 1. The van der Waals surface area contributed by atoms with Crippen LogP contribution < -0.4 is 20.1 Å². The van der Waals surface area contributed by atoms with Gasteiger partial charge in [-0.15, -0.1) is 0 Å². The van der Waals surface area contributed by atoms with Gasteiger partial charge in [0, 0.05) is 19.3 Å². The molecule has 0 spiro atoms. The lowest BCUT2D eigenvalue weighted by molar-refractivity contribution is 0.0953. The van der Waals surface area contributed by atoms with Gasteiger partial charge >= 0.3 is 0 Å². The fourth-order valence-electron chi connectivity index (χ4n) is 2.16. The Kier molecular flexibility index (Phi) is 6.42. The molecule has 0 saturated heterocycles. The van der Waals surface area contributed by atoms with Gasteiger partial charge < -0.3 is 20.1 Å². The van der Waals surface area contributed by atoms with Crippen molar-refractivity contribution in [3.05, 3.63) is 47.7 Å². The summed E-state index contributed by atoms with van der Waals surface area (Å²) < 4.78 is 10.5. The van der Waals surface area contributed by atoms with Crippen molar-refractivity contribution >= 4 is 11.7 Å². The van der Waals surface area contributed by atoms with Gasteiger partial charge in [-0.2, -0.15) is 0 Å². The van der Waals surface area contributed by atoms with Crippen molar-refractivity contribution in [3.63, 3.8) is 0 Å². The van der Waals surface area contributed by atoms with Crippen LogP contribution in [0.5, 0.6) is 11.5 Å². The van der Waals surface area contributed by atoms with Crippen LogP contribution in [0.2, 0.25) is 0 Å². The first-order chi connectivity index (χ1) is 11.7. The summed E-state index contributed by atoms with van der Waals surface area (Å²) in [5.41, 5.74) is 1.60. The largest absolute Gasteiger partial charge is 0.493 e. The fraction of sp³-hybridized carbons (Fsp3) is 0.333. The van der Waals surface area contributed by atoms with Crippen LogP contribution in [0.1, 0.15) is 29.3 Å². The molecule has 0 radical (unpaired) electrons. The summed E-state index contributed by atoms with van der Waals surface area (Å²) in [5.74, 6) is 1.99. The van der Waals surface area contributed by atoms with Gasteiger partial charge in [-0.1, -0.05) is 13.0 Å². The molecule has 0 aliphatic heterocycles. The molecule has 0 unspecified atom stereocenters. The van der Waals surface area contributed by atoms with Crippen LogP contribution in [0.4, 0.5) is 5.82 Å². The molecule has 2 rings (SSSR count). The molecule has 1 aromatic heterocycles. The Morgan fingerprint density at radius 3 is 2.54 bits per heavy atom. The molecule has 0 aliphatic rings. The minimum Gasteiger partial charge on any atom is -0.493 e. The molecule has 1 heterocycles. The Morgan fingerprint density at radius 2 is 1.92 bits per heavy atom. The van der Waals surface area contributed by atoms with Crippen LogP contribution in [0.15, 0.2) is 36.5 Å². The molecule has 1 aromatic carbocycles. The molecule has 6 heteroatoms. The Labute approximate surface area is 142 Å². The number of hydrogen-bond acceptors (Lipinski definition) is 5. The van der Waals surface area contributed by atoms with E-state index >= 15 is 0 Å². The first-order valence-electron chi connectivity index (χ1n) is 7.87. The van der Waals surface area contributed by atoms with E-state index in [-0.39, 0.29) is 5.91 Å². The van der Waals surface area contributed by atoms with Crippen molar-refractivity contribution in [1.82, 2.24) is 10.3 Å². The lowest BCUT2D eigenvalue weighted by Crippen LogP contribution is -2.24.